The van der Waals surface area contributed by atoms with Gasteiger partial charge in [-0.3, -0.25) is 0 Å². The van der Waals surface area contributed by atoms with Crippen molar-refractivity contribution in [3.05, 3.63) is 84.6 Å². The van der Waals surface area contributed by atoms with Gasteiger partial charge in [0.15, 0.2) is 5.65 Å². The largest absolute Gasteiger partial charge is 0.237 e. The van der Waals surface area contributed by atoms with Crippen LogP contribution in [0.1, 0.15) is 5.56 Å². The smallest absolute Gasteiger partial charge is 0.160 e. The van der Waals surface area contributed by atoms with E-state index in [4.69, 9.17) is 4.98 Å². The van der Waals surface area contributed by atoms with Gasteiger partial charge in [-0.05, 0) is 36.2 Å². The van der Waals surface area contributed by atoms with Gasteiger partial charge in [-0.2, -0.15) is 0 Å². The number of rotatable bonds is 2. The SMILES string of the molecule is Cc1ccc(-c2cc(-c3ccccc3)c3cccnc3n2)cc1. The van der Waals surface area contributed by atoms with Crippen molar-refractivity contribution in [2.45, 2.75) is 6.92 Å². The lowest BCUT2D eigenvalue weighted by atomic mass is 9.99. The molecule has 4 rings (SSSR count). The van der Waals surface area contributed by atoms with Gasteiger partial charge in [0.1, 0.15) is 0 Å². The second-order valence-corrected chi connectivity index (χ2v) is 5.66. The summed E-state index contributed by atoms with van der Waals surface area (Å²) in [4.78, 5) is 9.21. The molecule has 0 saturated carbocycles. The maximum absolute atomic E-state index is 4.75. The number of fused-ring (bicyclic) bond motifs is 1. The summed E-state index contributed by atoms with van der Waals surface area (Å²) < 4.78 is 0. The van der Waals surface area contributed by atoms with Crippen LogP contribution in [0.25, 0.3) is 33.4 Å². The Bertz CT molecular complexity index is 958. The first-order valence-electron chi connectivity index (χ1n) is 7.69. The van der Waals surface area contributed by atoms with Crippen molar-refractivity contribution >= 4 is 11.0 Å². The summed E-state index contributed by atoms with van der Waals surface area (Å²) in [6.45, 7) is 2.09. The Labute approximate surface area is 135 Å². The summed E-state index contributed by atoms with van der Waals surface area (Å²) in [5.74, 6) is 0. The minimum absolute atomic E-state index is 0.782. The van der Waals surface area contributed by atoms with Crippen molar-refractivity contribution in [2.24, 2.45) is 0 Å². The van der Waals surface area contributed by atoms with Gasteiger partial charge in [0.05, 0.1) is 5.69 Å². The summed E-state index contributed by atoms with van der Waals surface area (Å²) in [6.07, 6.45) is 1.79. The molecule has 2 nitrogen and oxygen atoms in total. The van der Waals surface area contributed by atoms with E-state index in [0.717, 1.165) is 22.3 Å². The van der Waals surface area contributed by atoms with Gasteiger partial charge in [0, 0.05) is 17.1 Å². The fourth-order valence-electron chi connectivity index (χ4n) is 2.79. The van der Waals surface area contributed by atoms with Gasteiger partial charge in [-0.1, -0.05) is 60.2 Å². The van der Waals surface area contributed by atoms with Gasteiger partial charge in [-0.25, -0.2) is 9.97 Å². The molecule has 110 valence electrons. The third-order valence-electron chi connectivity index (χ3n) is 4.02. The third-order valence-corrected chi connectivity index (χ3v) is 4.02. The molecule has 0 radical (unpaired) electrons. The zero-order valence-corrected chi connectivity index (χ0v) is 12.9. The Kier molecular flexibility index (Phi) is 3.35. The van der Waals surface area contributed by atoms with E-state index in [0.29, 0.717) is 0 Å². The highest BCUT2D eigenvalue weighted by Crippen LogP contribution is 2.31. The Morgan fingerprint density at radius 1 is 0.739 bits per heavy atom. The van der Waals surface area contributed by atoms with Crippen molar-refractivity contribution in [3.8, 4) is 22.4 Å². The molecule has 0 aliphatic heterocycles. The number of hydrogen-bond acceptors (Lipinski definition) is 2. The second-order valence-electron chi connectivity index (χ2n) is 5.66. The van der Waals surface area contributed by atoms with E-state index in [2.05, 4.69) is 72.6 Å². The van der Waals surface area contributed by atoms with E-state index < -0.39 is 0 Å². The molecule has 23 heavy (non-hydrogen) atoms. The number of benzene rings is 2. The Balaban J connectivity index is 1.99. The molecule has 0 unspecified atom stereocenters. The van der Waals surface area contributed by atoms with E-state index in [1.807, 2.05) is 12.1 Å². The second kappa shape index (κ2) is 5.65. The summed E-state index contributed by atoms with van der Waals surface area (Å²) in [6, 6.07) is 25.1. The van der Waals surface area contributed by atoms with E-state index in [9.17, 15) is 0 Å². The first-order chi connectivity index (χ1) is 11.3. The third kappa shape index (κ3) is 2.59. The highest BCUT2D eigenvalue weighted by molar-refractivity contribution is 5.94. The van der Waals surface area contributed by atoms with Gasteiger partial charge in [0.25, 0.3) is 0 Å². The minimum atomic E-state index is 0.782. The minimum Gasteiger partial charge on any atom is -0.237 e. The molecule has 2 heterocycles. The van der Waals surface area contributed by atoms with Gasteiger partial charge in [-0.15, -0.1) is 0 Å². The molecule has 0 amide bonds. The Hall–Kier alpha value is -3.00. The first kappa shape index (κ1) is 13.6. The van der Waals surface area contributed by atoms with E-state index in [1.165, 1.54) is 16.7 Å². The molecule has 0 atom stereocenters. The summed E-state index contributed by atoms with van der Waals surface area (Å²) in [5, 5.41) is 1.08. The number of nitrogens with zero attached hydrogens (tertiary/aromatic N) is 2. The average molecular weight is 296 g/mol. The molecule has 0 fully saturated rings. The normalized spacial score (nSPS) is 10.8. The molecule has 0 N–H and O–H groups in total. The summed E-state index contributed by atoms with van der Waals surface area (Å²) in [7, 11) is 0. The van der Waals surface area contributed by atoms with Crippen LogP contribution in [-0.4, -0.2) is 9.97 Å². The maximum Gasteiger partial charge on any atom is 0.160 e. The molecular formula is C21H16N2. The fraction of sp³-hybridized carbons (Fsp3) is 0.0476. The molecule has 0 aliphatic rings. The van der Waals surface area contributed by atoms with Crippen molar-refractivity contribution in [2.75, 3.05) is 0 Å². The molecule has 2 aromatic heterocycles. The fourth-order valence-corrected chi connectivity index (χ4v) is 2.79. The number of aryl methyl sites for hydroxylation is 1. The van der Waals surface area contributed by atoms with Crippen LogP contribution in [0.2, 0.25) is 0 Å². The molecule has 0 aliphatic carbocycles. The van der Waals surface area contributed by atoms with Crippen molar-refractivity contribution in [1.82, 2.24) is 9.97 Å². The first-order valence-corrected chi connectivity index (χ1v) is 7.69. The average Bonchev–Trinajstić information content (AvgIpc) is 2.62. The predicted octanol–water partition coefficient (Wildman–Crippen LogP) is 5.27. The zero-order valence-electron chi connectivity index (χ0n) is 12.9. The molecule has 2 aromatic carbocycles. The van der Waals surface area contributed by atoms with Crippen molar-refractivity contribution < 1.29 is 0 Å². The molecule has 2 heteroatoms. The zero-order chi connectivity index (χ0) is 15.6. The quantitative estimate of drug-likeness (QED) is 0.503. The van der Waals surface area contributed by atoms with Crippen molar-refractivity contribution in [3.63, 3.8) is 0 Å². The Morgan fingerprint density at radius 2 is 1.52 bits per heavy atom. The molecule has 4 aromatic rings. The standard InChI is InChI=1S/C21H16N2/c1-15-9-11-17(12-10-15)20-14-19(16-6-3-2-4-7-16)18-8-5-13-22-21(18)23-20/h2-14H,1H3. The lowest BCUT2D eigenvalue weighted by molar-refractivity contribution is 1.28. The molecule has 0 saturated heterocycles. The van der Waals surface area contributed by atoms with Crippen LogP contribution in [0, 0.1) is 6.92 Å². The summed E-state index contributed by atoms with van der Waals surface area (Å²) >= 11 is 0. The van der Waals surface area contributed by atoms with Crippen LogP contribution in [0.3, 0.4) is 0 Å². The maximum atomic E-state index is 4.75. The van der Waals surface area contributed by atoms with E-state index in [-0.39, 0.29) is 0 Å². The number of pyridine rings is 2. The highest BCUT2D eigenvalue weighted by atomic mass is 14.8. The van der Waals surface area contributed by atoms with E-state index in [1.54, 1.807) is 6.20 Å². The van der Waals surface area contributed by atoms with Crippen LogP contribution < -0.4 is 0 Å². The molecule has 0 spiro atoms. The van der Waals surface area contributed by atoms with Gasteiger partial charge >= 0.3 is 0 Å². The molecule has 0 bridgehead atoms. The summed E-state index contributed by atoms with van der Waals surface area (Å²) in [5.41, 5.74) is 6.44. The van der Waals surface area contributed by atoms with Crippen molar-refractivity contribution in [1.29, 1.82) is 0 Å². The number of aromatic nitrogens is 2. The van der Waals surface area contributed by atoms with Crippen LogP contribution >= 0.6 is 0 Å². The lowest BCUT2D eigenvalue weighted by Crippen LogP contribution is -1.91. The lowest BCUT2D eigenvalue weighted by Gasteiger charge is -2.10. The number of hydrogen-bond donors (Lipinski definition) is 0. The van der Waals surface area contributed by atoms with Gasteiger partial charge in [0.2, 0.25) is 0 Å². The van der Waals surface area contributed by atoms with E-state index >= 15 is 0 Å². The highest BCUT2D eigenvalue weighted by Gasteiger charge is 2.09. The topological polar surface area (TPSA) is 25.8 Å². The van der Waals surface area contributed by atoms with Crippen LogP contribution in [0.5, 0.6) is 0 Å². The Morgan fingerprint density at radius 3 is 2.30 bits per heavy atom. The molecular weight excluding hydrogens is 280 g/mol. The van der Waals surface area contributed by atoms with Crippen LogP contribution in [-0.2, 0) is 0 Å². The van der Waals surface area contributed by atoms with Crippen LogP contribution in [0.4, 0.5) is 0 Å². The van der Waals surface area contributed by atoms with Gasteiger partial charge < -0.3 is 0 Å². The monoisotopic (exact) mass is 296 g/mol. The predicted molar refractivity (Wildman–Crippen MR) is 95.1 cm³/mol. The van der Waals surface area contributed by atoms with Crippen LogP contribution in [0.15, 0.2) is 79.0 Å².